The lowest BCUT2D eigenvalue weighted by molar-refractivity contribution is -0.0696. The lowest BCUT2D eigenvalue weighted by atomic mass is 9.77. The Balaban J connectivity index is 1.98. The van der Waals surface area contributed by atoms with E-state index >= 15 is 0 Å². The molecule has 0 radical (unpaired) electrons. The van der Waals surface area contributed by atoms with E-state index in [0.717, 1.165) is 32.5 Å². The molecule has 2 rings (SSSR count). The fourth-order valence-electron chi connectivity index (χ4n) is 3.88. The van der Waals surface area contributed by atoms with Crippen molar-refractivity contribution in [3.63, 3.8) is 0 Å². The molecule has 1 saturated carbocycles. The molecule has 1 aliphatic heterocycles. The predicted octanol–water partition coefficient (Wildman–Crippen LogP) is 2.16. The fraction of sp³-hybridized carbons (Fsp3) is 1.00. The van der Waals surface area contributed by atoms with E-state index in [1.54, 1.807) is 0 Å². The van der Waals surface area contributed by atoms with E-state index in [1.165, 1.54) is 38.6 Å². The first-order valence-electron chi connectivity index (χ1n) is 8.33. The van der Waals surface area contributed by atoms with Crippen LogP contribution in [0.4, 0.5) is 0 Å². The highest BCUT2D eigenvalue weighted by Crippen LogP contribution is 2.36. The normalized spacial score (nSPS) is 36.1. The van der Waals surface area contributed by atoms with Crippen molar-refractivity contribution in [3.05, 3.63) is 0 Å². The maximum Gasteiger partial charge on any atom is 0.0702 e. The summed E-state index contributed by atoms with van der Waals surface area (Å²) < 4.78 is 11.6. The molecule has 3 atom stereocenters. The molecule has 1 aliphatic carbocycles. The van der Waals surface area contributed by atoms with Gasteiger partial charge in [0.1, 0.15) is 0 Å². The first-order chi connectivity index (χ1) is 9.74. The third kappa shape index (κ3) is 3.73. The van der Waals surface area contributed by atoms with E-state index in [0.29, 0.717) is 12.2 Å². The summed E-state index contributed by atoms with van der Waals surface area (Å²) in [4.78, 5) is 2.61. The fourth-order valence-corrected chi connectivity index (χ4v) is 3.88. The van der Waals surface area contributed by atoms with Crippen LogP contribution < -0.4 is 5.73 Å². The van der Waals surface area contributed by atoms with Crippen LogP contribution in [0.1, 0.15) is 51.9 Å². The van der Waals surface area contributed by atoms with Crippen molar-refractivity contribution in [2.45, 2.75) is 69.6 Å². The van der Waals surface area contributed by atoms with Gasteiger partial charge in [-0.25, -0.2) is 0 Å². The van der Waals surface area contributed by atoms with E-state index < -0.39 is 0 Å². The molecular formula is C16H32N2O2. The van der Waals surface area contributed by atoms with Crippen molar-refractivity contribution in [2.24, 2.45) is 5.73 Å². The zero-order chi connectivity index (χ0) is 14.4. The molecule has 2 fully saturated rings. The Kier molecular flexibility index (Phi) is 6.27. The molecule has 3 unspecified atom stereocenters. The van der Waals surface area contributed by atoms with Crippen LogP contribution in [-0.4, -0.2) is 56.0 Å². The SMILES string of the molecule is CCCOC1CCCN(C2(CN)CCCC(OC)C2)C1. The highest BCUT2D eigenvalue weighted by Gasteiger charge is 2.42. The molecule has 0 aromatic heterocycles. The number of methoxy groups -OCH3 is 1. The molecule has 1 heterocycles. The maximum absolute atomic E-state index is 6.19. The van der Waals surface area contributed by atoms with Gasteiger partial charge in [-0.3, -0.25) is 4.90 Å². The molecule has 1 saturated heterocycles. The maximum atomic E-state index is 6.19. The summed E-state index contributed by atoms with van der Waals surface area (Å²) in [5.74, 6) is 0. The Bertz CT molecular complexity index is 288. The van der Waals surface area contributed by atoms with Gasteiger partial charge in [0.15, 0.2) is 0 Å². The minimum Gasteiger partial charge on any atom is -0.381 e. The van der Waals surface area contributed by atoms with Gasteiger partial charge in [0.25, 0.3) is 0 Å². The van der Waals surface area contributed by atoms with Gasteiger partial charge in [0, 0.05) is 32.3 Å². The van der Waals surface area contributed by atoms with Crippen molar-refractivity contribution < 1.29 is 9.47 Å². The average molecular weight is 284 g/mol. The van der Waals surface area contributed by atoms with E-state index in [9.17, 15) is 0 Å². The molecule has 4 nitrogen and oxygen atoms in total. The Morgan fingerprint density at radius 3 is 2.75 bits per heavy atom. The van der Waals surface area contributed by atoms with E-state index in [1.807, 2.05) is 7.11 Å². The van der Waals surface area contributed by atoms with Crippen LogP contribution in [0, 0.1) is 0 Å². The second-order valence-electron chi connectivity index (χ2n) is 6.46. The Morgan fingerprint density at radius 1 is 1.25 bits per heavy atom. The van der Waals surface area contributed by atoms with Crippen LogP contribution >= 0.6 is 0 Å². The molecular weight excluding hydrogens is 252 g/mol. The smallest absolute Gasteiger partial charge is 0.0702 e. The first kappa shape index (κ1) is 16.2. The third-order valence-corrected chi connectivity index (χ3v) is 5.10. The third-order valence-electron chi connectivity index (χ3n) is 5.10. The van der Waals surface area contributed by atoms with E-state index in [2.05, 4.69) is 11.8 Å². The zero-order valence-electron chi connectivity index (χ0n) is 13.3. The molecule has 4 heteroatoms. The molecule has 0 amide bonds. The Labute approximate surface area is 124 Å². The predicted molar refractivity (Wildman–Crippen MR) is 81.9 cm³/mol. The Hall–Kier alpha value is -0.160. The van der Waals surface area contributed by atoms with Gasteiger partial charge in [-0.2, -0.15) is 0 Å². The standard InChI is InChI=1S/C16H32N2O2/c1-3-10-20-15-7-5-9-18(12-15)16(13-17)8-4-6-14(11-16)19-2/h14-15H,3-13,17H2,1-2H3. The highest BCUT2D eigenvalue weighted by atomic mass is 16.5. The van der Waals surface area contributed by atoms with Crippen LogP contribution in [-0.2, 0) is 9.47 Å². The molecule has 0 aromatic carbocycles. The summed E-state index contributed by atoms with van der Waals surface area (Å²) in [5.41, 5.74) is 6.34. The van der Waals surface area contributed by atoms with Crippen molar-refractivity contribution in [3.8, 4) is 0 Å². The van der Waals surface area contributed by atoms with Gasteiger partial charge in [0.05, 0.1) is 12.2 Å². The molecule has 2 N–H and O–H groups in total. The van der Waals surface area contributed by atoms with E-state index in [-0.39, 0.29) is 5.54 Å². The van der Waals surface area contributed by atoms with Crippen LogP contribution in [0.2, 0.25) is 0 Å². The summed E-state index contributed by atoms with van der Waals surface area (Å²) in [7, 11) is 1.83. The molecule has 118 valence electrons. The second kappa shape index (κ2) is 7.74. The molecule has 20 heavy (non-hydrogen) atoms. The van der Waals surface area contributed by atoms with Crippen molar-refractivity contribution in [2.75, 3.05) is 33.4 Å². The number of nitrogens with two attached hydrogens (primary N) is 1. The van der Waals surface area contributed by atoms with Crippen molar-refractivity contribution in [1.29, 1.82) is 0 Å². The van der Waals surface area contributed by atoms with Gasteiger partial charge in [-0.05, 0) is 51.5 Å². The minimum absolute atomic E-state index is 0.146. The quantitative estimate of drug-likeness (QED) is 0.812. The van der Waals surface area contributed by atoms with Gasteiger partial charge in [-0.1, -0.05) is 6.92 Å². The minimum atomic E-state index is 0.146. The van der Waals surface area contributed by atoms with Crippen LogP contribution in [0.25, 0.3) is 0 Å². The van der Waals surface area contributed by atoms with Crippen LogP contribution in [0.15, 0.2) is 0 Å². The summed E-state index contributed by atoms with van der Waals surface area (Å²) in [6, 6.07) is 0. The van der Waals surface area contributed by atoms with E-state index in [4.69, 9.17) is 15.2 Å². The Morgan fingerprint density at radius 2 is 2.05 bits per heavy atom. The number of likely N-dealkylation sites (tertiary alicyclic amines) is 1. The summed E-state index contributed by atoms with van der Waals surface area (Å²) >= 11 is 0. The van der Waals surface area contributed by atoms with Gasteiger partial charge >= 0.3 is 0 Å². The number of nitrogens with zero attached hydrogens (tertiary/aromatic N) is 1. The highest BCUT2D eigenvalue weighted by molar-refractivity contribution is 4.99. The average Bonchev–Trinajstić information content (AvgIpc) is 2.53. The van der Waals surface area contributed by atoms with Crippen molar-refractivity contribution >= 4 is 0 Å². The van der Waals surface area contributed by atoms with Gasteiger partial charge in [0.2, 0.25) is 0 Å². The summed E-state index contributed by atoms with van der Waals surface area (Å²) in [5, 5.41) is 0. The molecule has 0 spiro atoms. The molecule has 0 bridgehead atoms. The lowest BCUT2D eigenvalue weighted by Crippen LogP contribution is -2.60. The first-order valence-corrected chi connectivity index (χ1v) is 8.33. The molecule has 2 aliphatic rings. The summed E-state index contributed by atoms with van der Waals surface area (Å²) in [6.45, 7) is 6.02. The van der Waals surface area contributed by atoms with Crippen molar-refractivity contribution in [1.82, 2.24) is 4.90 Å². The van der Waals surface area contributed by atoms with Crippen LogP contribution in [0.3, 0.4) is 0 Å². The second-order valence-corrected chi connectivity index (χ2v) is 6.46. The number of ether oxygens (including phenoxy) is 2. The number of hydrogen-bond donors (Lipinski definition) is 1. The topological polar surface area (TPSA) is 47.7 Å². The summed E-state index contributed by atoms with van der Waals surface area (Å²) in [6.07, 6.45) is 9.02. The zero-order valence-corrected chi connectivity index (χ0v) is 13.3. The van der Waals surface area contributed by atoms with Gasteiger partial charge < -0.3 is 15.2 Å². The lowest BCUT2D eigenvalue weighted by Gasteiger charge is -2.50. The number of hydrogen-bond acceptors (Lipinski definition) is 4. The number of rotatable bonds is 6. The molecule has 0 aromatic rings. The largest absolute Gasteiger partial charge is 0.381 e. The van der Waals surface area contributed by atoms with Crippen LogP contribution in [0.5, 0.6) is 0 Å². The number of piperidine rings is 1. The van der Waals surface area contributed by atoms with Gasteiger partial charge in [-0.15, -0.1) is 0 Å². The monoisotopic (exact) mass is 284 g/mol.